The molecule has 1 aromatic carbocycles. The van der Waals surface area contributed by atoms with Crippen molar-refractivity contribution in [2.24, 2.45) is 0 Å². The predicted octanol–water partition coefficient (Wildman–Crippen LogP) is 2.27. The highest BCUT2D eigenvalue weighted by atomic mass is 16.5. The third-order valence-corrected chi connectivity index (χ3v) is 2.63. The minimum absolute atomic E-state index is 0.212. The zero-order valence-corrected chi connectivity index (χ0v) is 12.1. The fraction of sp³-hybridized carbons (Fsp3) is 0.286. The van der Waals surface area contributed by atoms with E-state index in [4.69, 9.17) is 24.7 Å². The SMILES string of the molecule is CCOc1ncnc(Oc2cc(OC)cc(OC)c2)c1N. The Morgan fingerprint density at radius 1 is 0.952 bits per heavy atom. The summed E-state index contributed by atoms with van der Waals surface area (Å²) in [6.45, 7) is 2.29. The molecule has 7 heteroatoms. The molecule has 0 aliphatic rings. The molecule has 0 fully saturated rings. The van der Waals surface area contributed by atoms with Crippen LogP contribution in [0.2, 0.25) is 0 Å². The molecule has 1 heterocycles. The van der Waals surface area contributed by atoms with Gasteiger partial charge < -0.3 is 24.7 Å². The van der Waals surface area contributed by atoms with Gasteiger partial charge in [0.05, 0.1) is 20.8 Å². The Balaban J connectivity index is 2.31. The zero-order valence-electron chi connectivity index (χ0n) is 12.1. The zero-order chi connectivity index (χ0) is 15.2. The first-order valence-electron chi connectivity index (χ1n) is 6.32. The van der Waals surface area contributed by atoms with Crippen molar-refractivity contribution in [2.75, 3.05) is 26.6 Å². The van der Waals surface area contributed by atoms with Gasteiger partial charge in [0, 0.05) is 18.2 Å². The van der Waals surface area contributed by atoms with Gasteiger partial charge in [-0.15, -0.1) is 0 Å². The first-order chi connectivity index (χ1) is 10.2. The monoisotopic (exact) mass is 291 g/mol. The summed E-state index contributed by atoms with van der Waals surface area (Å²) >= 11 is 0. The number of methoxy groups -OCH3 is 2. The molecule has 2 rings (SSSR count). The van der Waals surface area contributed by atoms with E-state index in [0.717, 1.165) is 0 Å². The van der Waals surface area contributed by atoms with E-state index in [1.165, 1.54) is 6.33 Å². The molecular weight excluding hydrogens is 274 g/mol. The van der Waals surface area contributed by atoms with Crippen LogP contribution in [0.25, 0.3) is 0 Å². The minimum atomic E-state index is 0.212. The average molecular weight is 291 g/mol. The smallest absolute Gasteiger partial charge is 0.249 e. The number of nitrogens with zero attached hydrogens (tertiary/aromatic N) is 2. The van der Waals surface area contributed by atoms with Gasteiger partial charge >= 0.3 is 0 Å². The quantitative estimate of drug-likeness (QED) is 0.873. The molecule has 0 spiro atoms. The van der Waals surface area contributed by atoms with E-state index < -0.39 is 0 Å². The van der Waals surface area contributed by atoms with Crippen LogP contribution in [-0.2, 0) is 0 Å². The molecule has 0 radical (unpaired) electrons. The van der Waals surface area contributed by atoms with Crippen molar-refractivity contribution in [1.29, 1.82) is 0 Å². The van der Waals surface area contributed by atoms with Crippen LogP contribution in [0.4, 0.5) is 5.69 Å². The van der Waals surface area contributed by atoms with Gasteiger partial charge in [-0.2, -0.15) is 9.97 Å². The van der Waals surface area contributed by atoms with Crippen LogP contribution in [0.15, 0.2) is 24.5 Å². The fourth-order valence-corrected chi connectivity index (χ4v) is 1.65. The van der Waals surface area contributed by atoms with Crippen LogP contribution < -0.4 is 24.7 Å². The molecule has 7 nitrogen and oxygen atoms in total. The Bertz CT molecular complexity index is 597. The lowest BCUT2D eigenvalue weighted by Crippen LogP contribution is -2.03. The molecule has 2 N–H and O–H groups in total. The van der Waals surface area contributed by atoms with Gasteiger partial charge in [0.1, 0.15) is 23.6 Å². The van der Waals surface area contributed by atoms with Gasteiger partial charge in [-0.05, 0) is 6.92 Å². The molecule has 112 valence electrons. The van der Waals surface area contributed by atoms with E-state index in [9.17, 15) is 0 Å². The summed E-state index contributed by atoms with van der Waals surface area (Å²) in [7, 11) is 3.12. The summed E-state index contributed by atoms with van der Waals surface area (Å²) in [5.74, 6) is 2.18. The summed E-state index contributed by atoms with van der Waals surface area (Å²) in [5.41, 5.74) is 6.16. The van der Waals surface area contributed by atoms with E-state index in [1.54, 1.807) is 32.4 Å². The topological polar surface area (TPSA) is 88.7 Å². The van der Waals surface area contributed by atoms with Gasteiger partial charge in [0.15, 0.2) is 5.69 Å². The molecule has 0 saturated carbocycles. The first kappa shape index (κ1) is 14.7. The van der Waals surface area contributed by atoms with Crippen molar-refractivity contribution in [1.82, 2.24) is 9.97 Å². The standard InChI is InChI=1S/C14H17N3O4/c1-4-20-13-12(15)14(17-8-16-13)21-11-6-9(18-2)5-10(7-11)19-3/h5-8H,4,15H2,1-3H3. The van der Waals surface area contributed by atoms with Crippen LogP contribution in [-0.4, -0.2) is 30.8 Å². The van der Waals surface area contributed by atoms with Crippen molar-refractivity contribution in [2.45, 2.75) is 6.92 Å². The van der Waals surface area contributed by atoms with E-state index >= 15 is 0 Å². The Morgan fingerprint density at radius 2 is 1.52 bits per heavy atom. The Hall–Kier alpha value is -2.70. The summed E-state index contributed by atoms with van der Waals surface area (Å²) in [5, 5.41) is 0. The molecule has 2 aromatic rings. The third-order valence-electron chi connectivity index (χ3n) is 2.63. The fourth-order valence-electron chi connectivity index (χ4n) is 1.65. The molecule has 0 amide bonds. The molecule has 1 aromatic heterocycles. The van der Waals surface area contributed by atoms with Crippen LogP contribution in [0.5, 0.6) is 29.0 Å². The number of nitrogens with two attached hydrogens (primary N) is 1. The van der Waals surface area contributed by atoms with Crippen molar-refractivity contribution in [3.8, 4) is 29.0 Å². The lowest BCUT2D eigenvalue weighted by Gasteiger charge is -2.12. The highest BCUT2D eigenvalue weighted by Crippen LogP contribution is 2.34. The number of nitrogen functional groups attached to an aromatic ring is 1. The molecular formula is C14H17N3O4. The van der Waals surface area contributed by atoms with Gasteiger partial charge in [-0.1, -0.05) is 0 Å². The van der Waals surface area contributed by atoms with Gasteiger partial charge in [-0.25, -0.2) is 0 Å². The normalized spacial score (nSPS) is 10.0. The molecule has 0 bridgehead atoms. The average Bonchev–Trinajstić information content (AvgIpc) is 2.51. The summed E-state index contributed by atoms with van der Waals surface area (Å²) in [6, 6.07) is 5.14. The van der Waals surface area contributed by atoms with Gasteiger partial charge in [0.25, 0.3) is 0 Å². The maximum Gasteiger partial charge on any atom is 0.249 e. The van der Waals surface area contributed by atoms with E-state index in [2.05, 4.69) is 9.97 Å². The number of rotatable bonds is 6. The Kier molecular flexibility index (Phi) is 4.65. The van der Waals surface area contributed by atoms with E-state index in [1.807, 2.05) is 6.92 Å². The van der Waals surface area contributed by atoms with Crippen LogP contribution >= 0.6 is 0 Å². The molecule has 0 saturated heterocycles. The lowest BCUT2D eigenvalue weighted by molar-refractivity contribution is 0.325. The summed E-state index contributed by atoms with van der Waals surface area (Å²) in [6.07, 6.45) is 1.33. The number of hydrogen-bond donors (Lipinski definition) is 1. The largest absolute Gasteiger partial charge is 0.496 e. The summed E-state index contributed by atoms with van der Waals surface area (Å²) < 4.78 is 21.3. The van der Waals surface area contributed by atoms with Crippen LogP contribution in [0.3, 0.4) is 0 Å². The molecule has 0 aliphatic carbocycles. The first-order valence-corrected chi connectivity index (χ1v) is 6.32. The third kappa shape index (κ3) is 3.44. The van der Waals surface area contributed by atoms with Crippen LogP contribution in [0.1, 0.15) is 6.92 Å². The van der Waals surface area contributed by atoms with E-state index in [-0.39, 0.29) is 17.4 Å². The molecule has 0 unspecified atom stereocenters. The Morgan fingerprint density at radius 3 is 2.10 bits per heavy atom. The highest BCUT2D eigenvalue weighted by Gasteiger charge is 2.12. The number of benzene rings is 1. The maximum absolute atomic E-state index is 5.92. The van der Waals surface area contributed by atoms with Gasteiger partial charge in [-0.3, -0.25) is 0 Å². The molecule has 0 atom stereocenters. The predicted molar refractivity (Wildman–Crippen MR) is 77.2 cm³/mol. The van der Waals surface area contributed by atoms with Crippen molar-refractivity contribution in [3.05, 3.63) is 24.5 Å². The lowest BCUT2D eigenvalue weighted by atomic mass is 10.3. The van der Waals surface area contributed by atoms with Crippen LogP contribution in [0, 0.1) is 0 Å². The van der Waals surface area contributed by atoms with Gasteiger partial charge in [0.2, 0.25) is 11.8 Å². The van der Waals surface area contributed by atoms with E-state index in [0.29, 0.717) is 23.9 Å². The number of ether oxygens (including phenoxy) is 4. The maximum atomic E-state index is 5.92. The summed E-state index contributed by atoms with van der Waals surface area (Å²) in [4.78, 5) is 7.96. The second-order valence-corrected chi connectivity index (χ2v) is 3.98. The van der Waals surface area contributed by atoms with Crippen molar-refractivity contribution >= 4 is 5.69 Å². The van der Waals surface area contributed by atoms with Crippen molar-refractivity contribution < 1.29 is 18.9 Å². The van der Waals surface area contributed by atoms with Crippen molar-refractivity contribution in [3.63, 3.8) is 0 Å². The second kappa shape index (κ2) is 6.65. The molecule has 21 heavy (non-hydrogen) atoms. The molecule has 0 aliphatic heterocycles. The number of anilines is 1. The number of aromatic nitrogens is 2. The second-order valence-electron chi connectivity index (χ2n) is 3.98. The highest BCUT2D eigenvalue weighted by molar-refractivity contribution is 5.57. The number of hydrogen-bond acceptors (Lipinski definition) is 7. The Labute approximate surface area is 122 Å². The minimum Gasteiger partial charge on any atom is -0.496 e.